The molecule has 2 rings (SSSR count). The van der Waals surface area contributed by atoms with Gasteiger partial charge in [0.1, 0.15) is 54.9 Å². The molecule has 14 nitrogen and oxygen atoms in total. The summed E-state index contributed by atoms with van der Waals surface area (Å²) in [5, 5.41) is 72.2. The monoisotopic (exact) mass is 961 g/mol. The van der Waals surface area contributed by atoms with Crippen LogP contribution in [0.2, 0.25) is 0 Å². The standard InChI is InChI=1S/C53H100O14/c1-3-5-7-9-11-13-15-17-19-21-23-25-27-29-31-33-35-37-62-39-42(65-45(55)36-34-32-30-28-26-24-22-20-18-16-14-12-10-8-6-4-2)40-63-52-51(61)49(59)47(57)44(67-52)41-64-53-50(60)48(58)46(56)43(38-54)66-53/h19,21,42-44,46-54,56-61H,3-18,20,22-41H2,1-2H3/b21-19-. The van der Waals surface area contributed by atoms with Gasteiger partial charge in [-0.15, -0.1) is 0 Å². The van der Waals surface area contributed by atoms with Crippen molar-refractivity contribution in [1.82, 2.24) is 0 Å². The number of allylic oxidation sites excluding steroid dienone is 2. The molecular formula is C53H100O14. The Morgan fingerprint density at radius 1 is 0.478 bits per heavy atom. The lowest BCUT2D eigenvalue weighted by Crippen LogP contribution is -2.61. The average molecular weight is 961 g/mol. The summed E-state index contributed by atoms with van der Waals surface area (Å²) in [6.07, 6.45) is 27.0. The molecule has 396 valence electrons. The van der Waals surface area contributed by atoms with Crippen LogP contribution in [0, 0.1) is 0 Å². The number of esters is 1. The number of hydrogen-bond donors (Lipinski definition) is 7. The number of ether oxygens (including phenoxy) is 6. The van der Waals surface area contributed by atoms with E-state index in [1.165, 1.54) is 148 Å². The molecule has 0 saturated carbocycles. The van der Waals surface area contributed by atoms with Crippen molar-refractivity contribution in [3.05, 3.63) is 12.2 Å². The fourth-order valence-electron chi connectivity index (χ4n) is 8.81. The Morgan fingerprint density at radius 2 is 0.881 bits per heavy atom. The van der Waals surface area contributed by atoms with Crippen LogP contribution in [-0.2, 0) is 33.2 Å². The van der Waals surface area contributed by atoms with Crippen LogP contribution in [0.3, 0.4) is 0 Å². The summed E-state index contributed by atoms with van der Waals surface area (Å²) in [7, 11) is 0. The molecule has 67 heavy (non-hydrogen) atoms. The van der Waals surface area contributed by atoms with Gasteiger partial charge < -0.3 is 64.2 Å². The lowest BCUT2D eigenvalue weighted by molar-refractivity contribution is -0.332. The van der Waals surface area contributed by atoms with Crippen LogP contribution in [0.1, 0.15) is 219 Å². The lowest BCUT2D eigenvalue weighted by Gasteiger charge is -2.42. The third-order valence-electron chi connectivity index (χ3n) is 13.3. The van der Waals surface area contributed by atoms with E-state index in [-0.39, 0.29) is 25.6 Å². The zero-order valence-electron chi connectivity index (χ0n) is 42.2. The second kappa shape index (κ2) is 41.4. The summed E-state index contributed by atoms with van der Waals surface area (Å²) in [5.74, 6) is -0.374. The van der Waals surface area contributed by atoms with Crippen LogP contribution in [0.25, 0.3) is 0 Å². The highest BCUT2D eigenvalue weighted by Gasteiger charge is 2.47. The maximum absolute atomic E-state index is 13.0. The second-order valence-electron chi connectivity index (χ2n) is 19.4. The summed E-state index contributed by atoms with van der Waals surface area (Å²) >= 11 is 0. The minimum absolute atomic E-state index is 0.0630. The SMILES string of the molecule is CCCCCCCCC/C=C\CCCCCCCCOCC(COC1OC(COC2OC(CO)C(O)C(O)C2O)C(O)C(O)C1O)OC(=O)CCCCCCCCCCCCCCCCCC. The van der Waals surface area contributed by atoms with Gasteiger partial charge in [0.2, 0.25) is 0 Å². The molecule has 0 bridgehead atoms. The van der Waals surface area contributed by atoms with Gasteiger partial charge in [-0.3, -0.25) is 4.79 Å². The van der Waals surface area contributed by atoms with Gasteiger partial charge in [0.25, 0.3) is 0 Å². The van der Waals surface area contributed by atoms with E-state index >= 15 is 0 Å². The number of hydrogen-bond acceptors (Lipinski definition) is 14. The minimum atomic E-state index is -1.70. The molecule has 11 atom stereocenters. The van der Waals surface area contributed by atoms with Gasteiger partial charge in [-0.25, -0.2) is 0 Å². The Morgan fingerprint density at radius 3 is 1.36 bits per heavy atom. The number of carbonyl (C=O) groups excluding carboxylic acids is 1. The number of carbonyl (C=O) groups is 1. The molecule has 2 saturated heterocycles. The van der Waals surface area contributed by atoms with Gasteiger partial charge in [-0.05, 0) is 38.5 Å². The molecular weight excluding hydrogens is 861 g/mol. The quantitative estimate of drug-likeness (QED) is 0.0173. The van der Waals surface area contributed by atoms with Crippen molar-refractivity contribution in [2.24, 2.45) is 0 Å². The summed E-state index contributed by atoms with van der Waals surface area (Å²) in [4.78, 5) is 13.0. The van der Waals surface area contributed by atoms with Crippen molar-refractivity contribution in [3.63, 3.8) is 0 Å². The molecule has 0 aromatic carbocycles. The van der Waals surface area contributed by atoms with E-state index in [4.69, 9.17) is 28.4 Å². The zero-order chi connectivity index (χ0) is 48.7. The molecule has 11 unspecified atom stereocenters. The molecule has 0 amide bonds. The highest BCUT2D eigenvalue weighted by molar-refractivity contribution is 5.69. The zero-order valence-corrected chi connectivity index (χ0v) is 42.2. The molecule has 2 heterocycles. The van der Waals surface area contributed by atoms with E-state index in [9.17, 15) is 40.5 Å². The number of aliphatic hydroxyl groups excluding tert-OH is 7. The van der Waals surface area contributed by atoms with Crippen molar-refractivity contribution < 1.29 is 69.0 Å². The third-order valence-corrected chi connectivity index (χ3v) is 13.3. The Kier molecular flexibility index (Phi) is 38.2. The Hall–Kier alpha value is -1.27. The summed E-state index contributed by atoms with van der Waals surface area (Å²) < 4.78 is 34.3. The molecule has 2 fully saturated rings. The smallest absolute Gasteiger partial charge is 0.306 e. The normalized spacial score (nSPS) is 26.1. The van der Waals surface area contributed by atoms with Crippen LogP contribution < -0.4 is 0 Å². The van der Waals surface area contributed by atoms with Crippen molar-refractivity contribution in [2.75, 3.05) is 33.0 Å². The highest BCUT2D eigenvalue weighted by Crippen LogP contribution is 2.27. The van der Waals surface area contributed by atoms with Gasteiger partial charge in [-0.2, -0.15) is 0 Å². The van der Waals surface area contributed by atoms with E-state index in [0.29, 0.717) is 13.0 Å². The van der Waals surface area contributed by atoms with Gasteiger partial charge in [0.15, 0.2) is 12.6 Å². The van der Waals surface area contributed by atoms with Crippen molar-refractivity contribution in [3.8, 4) is 0 Å². The Balaban J connectivity index is 1.75. The van der Waals surface area contributed by atoms with E-state index in [0.717, 1.165) is 44.9 Å². The van der Waals surface area contributed by atoms with Crippen LogP contribution in [0.5, 0.6) is 0 Å². The maximum Gasteiger partial charge on any atom is 0.306 e. The van der Waals surface area contributed by atoms with Crippen LogP contribution >= 0.6 is 0 Å². The van der Waals surface area contributed by atoms with E-state index in [1.54, 1.807) is 0 Å². The number of unbranched alkanes of at least 4 members (excludes halogenated alkanes) is 28. The first-order chi connectivity index (χ1) is 32.6. The average Bonchev–Trinajstić information content (AvgIpc) is 3.32. The first-order valence-electron chi connectivity index (χ1n) is 27.3. The molecule has 14 heteroatoms. The predicted octanol–water partition coefficient (Wildman–Crippen LogP) is 8.63. The van der Waals surface area contributed by atoms with Gasteiger partial charge in [0.05, 0.1) is 26.4 Å². The molecule has 7 N–H and O–H groups in total. The fourth-order valence-corrected chi connectivity index (χ4v) is 8.81. The number of rotatable bonds is 44. The van der Waals surface area contributed by atoms with Crippen LogP contribution in [0.15, 0.2) is 12.2 Å². The van der Waals surface area contributed by atoms with Crippen molar-refractivity contribution in [1.29, 1.82) is 0 Å². The van der Waals surface area contributed by atoms with E-state index in [1.807, 2.05) is 0 Å². The minimum Gasteiger partial charge on any atom is -0.457 e. The largest absolute Gasteiger partial charge is 0.457 e. The molecule has 2 aliphatic heterocycles. The highest BCUT2D eigenvalue weighted by atomic mass is 16.7. The fraction of sp³-hybridized carbons (Fsp3) is 0.943. The van der Waals surface area contributed by atoms with Crippen molar-refractivity contribution >= 4 is 5.97 Å². The van der Waals surface area contributed by atoms with Crippen LogP contribution in [0.4, 0.5) is 0 Å². The molecule has 0 aliphatic carbocycles. The summed E-state index contributed by atoms with van der Waals surface area (Å²) in [6, 6.07) is 0. The van der Waals surface area contributed by atoms with Crippen LogP contribution in [-0.4, -0.2) is 142 Å². The molecule has 0 aromatic heterocycles. The van der Waals surface area contributed by atoms with Gasteiger partial charge >= 0.3 is 5.97 Å². The number of aliphatic hydroxyl groups is 7. The first-order valence-corrected chi connectivity index (χ1v) is 27.3. The maximum atomic E-state index is 13.0. The second-order valence-corrected chi connectivity index (χ2v) is 19.4. The predicted molar refractivity (Wildman–Crippen MR) is 261 cm³/mol. The van der Waals surface area contributed by atoms with E-state index < -0.39 is 80.7 Å². The molecule has 0 spiro atoms. The van der Waals surface area contributed by atoms with Gasteiger partial charge in [-0.1, -0.05) is 187 Å². The molecule has 2 aliphatic rings. The Labute approximate surface area is 405 Å². The van der Waals surface area contributed by atoms with Gasteiger partial charge in [0, 0.05) is 13.0 Å². The first kappa shape index (κ1) is 61.8. The molecule has 0 aromatic rings. The molecule has 0 radical (unpaired) electrons. The lowest BCUT2D eigenvalue weighted by atomic mass is 9.98. The van der Waals surface area contributed by atoms with E-state index in [2.05, 4.69) is 26.0 Å². The van der Waals surface area contributed by atoms with Crippen molar-refractivity contribution in [2.45, 2.75) is 287 Å². The summed E-state index contributed by atoms with van der Waals surface area (Å²) in [6.45, 7) is 3.71. The topological polar surface area (TPSA) is 214 Å². The Bertz CT molecular complexity index is 1160. The summed E-state index contributed by atoms with van der Waals surface area (Å²) in [5.41, 5.74) is 0. The third kappa shape index (κ3) is 29.0.